The topological polar surface area (TPSA) is 35.5 Å². The third-order valence-electron chi connectivity index (χ3n) is 3.99. The lowest BCUT2D eigenvalue weighted by atomic mass is 9.84. The molecule has 1 heterocycles. The summed E-state index contributed by atoms with van der Waals surface area (Å²) in [5.41, 5.74) is -0.393. The first-order valence-electron chi connectivity index (χ1n) is 6.33. The van der Waals surface area contributed by atoms with Gasteiger partial charge in [0.2, 0.25) is 0 Å². The highest BCUT2D eigenvalue weighted by Gasteiger charge is 2.32. The number of hydrogen-bond donors (Lipinski definition) is 2. The third kappa shape index (κ3) is 2.92. The predicted molar refractivity (Wildman–Crippen MR) is 61.9 cm³/mol. The number of nitrogens with zero attached hydrogens (tertiary/aromatic N) is 1. The normalized spacial score (nSPS) is 31.0. The maximum Gasteiger partial charge on any atom is 0.0774 e. The summed E-state index contributed by atoms with van der Waals surface area (Å²) in [6.07, 6.45) is 6.93. The largest absolute Gasteiger partial charge is 0.389 e. The smallest absolute Gasteiger partial charge is 0.0774 e. The van der Waals surface area contributed by atoms with Crippen LogP contribution in [0.25, 0.3) is 0 Å². The summed E-state index contributed by atoms with van der Waals surface area (Å²) >= 11 is 0. The Bertz CT molecular complexity index is 196. The molecule has 3 nitrogen and oxygen atoms in total. The molecule has 2 aliphatic rings. The average molecular weight is 212 g/mol. The first kappa shape index (κ1) is 11.4. The molecule has 0 radical (unpaired) electrons. The molecule has 88 valence electrons. The van der Waals surface area contributed by atoms with Crippen molar-refractivity contribution in [3.63, 3.8) is 0 Å². The molecule has 2 rings (SSSR count). The Balaban J connectivity index is 1.83. The fourth-order valence-corrected chi connectivity index (χ4v) is 2.98. The van der Waals surface area contributed by atoms with Gasteiger partial charge in [0, 0.05) is 19.1 Å². The molecular formula is C12H24N2O. The van der Waals surface area contributed by atoms with Crippen LogP contribution in [0.15, 0.2) is 0 Å². The van der Waals surface area contributed by atoms with E-state index in [0.717, 1.165) is 32.5 Å². The highest BCUT2D eigenvalue weighted by Crippen LogP contribution is 2.29. The van der Waals surface area contributed by atoms with Gasteiger partial charge in [-0.1, -0.05) is 19.3 Å². The summed E-state index contributed by atoms with van der Waals surface area (Å²) in [6, 6.07) is 0.635. The minimum absolute atomic E-state index is 0.393. The van der Waals surface area contributed by atoms with Crippen molar-refractivity contribution in [2.75, 3.05) is 26.7 Å². The van der Waals surface area contributed by atoms with E-state index in [0.29, 0.717) is 6.04 Å². The molecule has 1 aliphatic heterocycles. The first-order valence-corrected chi connectivity index (χ1v) is 6.33. The number of aliphatic hydroxyl groups is 1. The Morgan fingerprint density at radius 3 is 2.67 bits per heavy atom. The van der Waals surface area contributed by atoms with Crippen LogP contribution in [0.3, 0.4) is 0 Å². The van der Waals surface area contributed by atoms with E-state index in [4.69, 9.17) is 0 Å². The Labute approximate surface area is 92.8 Å². The Hall–Kier alpha value is -0.120. The van der Waals surface area contributed by atoms with Gasteiger partial charge in [0.05, 0.1) is 5.60 Å². The maximum absolute atomic E-state index is 10.4. The molecule has 0 aromatic carbocycles. The van der Waals surface area contributed by atoms with Crippen molar-refractivity contribution in [1.29, 1.82) is 0 Å². The van der Waals surface area contributed by atoms with E-state index in [1.165, 1.54) is 25.7 Å². The van der Waals surface area contributed by atoms with Gasteiger partial charge in [-0.25, -0.2) is 0 Å². The molecule has 0 spiro atoms. The quantitative estimate of drug-likeness (QED) is 0.732. The van der Waals surface area contributed by atoms with Gasteiger partial charge in [-0.3, -0.25) is 4.90 Å². The van der Waals surface area contributed by atoms with E-state index in [-0.39, 0.29) is 0 Å². The Morgan fingerprint density at radius 2 is 2.07 bits per heavy atom. The van der Waals surface area contributed by atoms with Crippen molar-refractivity contribution in [2.45, 2.75) is 50.2 Å². The van der Waals surface area contributed by atoms with Crippen LogP contribution >= 0.6 is 0 Å². The number of likely N-dealkylation sites (N-methyl/N-ethyl adjacent to an activating group) is 1. The van der Waals surface area contributed by atoms with Gasteiger partial charge in [-0.2, -0.15) is 0 Å². The zero-order chi connectivity index (χ0) is 10.7. The van der Waals surface area contributed by atoms with E-state index >= 15 is 0 Å². The van der Waals surface area contributed by atoms with Gasteiger partial charge in [-0.15, -0.1) is 0 Å². The second-order valence-corrected chi connectivity index (χ2v) is 5.35. The first-order chi connectivity index (χ1) is 7.20. The molecule has 1 saturated carbocycles. The van der Waals surface area contributed by atoms with Crippen LogP contribution in [0.5, 0.6) is 0 Å². The van der Waals surface area contributed by atoms with Crippen molar-refractivity contribution in [2.24, 2.45) is 0 Å². The molecule has 15 heavy (non-hydrogen) atoms. The van der Waals surface area contributed by atoms with Crippen LogP contribution in [-0.2, 0) is 0 Å². The third-order valence-corrected chi connectivity index (χ3v) is 3.99. The Kier molecular flexibility index (Phi) is 3.65. The van der Waals surface area contributed by atoms with Crippen LogP contribution in [0.4, 0.5) is 0 Å². The molecule has 1 saturated heterocycles. The van der Waals surface area contributed by atoms with E-state index in [9.17, 15) is 5.11 Å². The summed E-state index contributed by atoms with van der Waals surface area (Å²) in [7, 11) is 2.16. The molecule has 3 heteroatoms. The molecule has 2 fully saturated rings. The number of rotatable bonds is 3. The zero-order valence-electron chi connectivity index (χ0n) is 9.84. The van der Waals surface area contributed by atoms with Crippen LogP contribution in [0.1, 0.15) is 38.5 Å². The molecule has 2 N–H and O–H groups in total. The van der Waals surface area contributed by atoms with Crippen LogP contribution in [-0.4, -0.2) is 48.3 Å². The number of nitrogens with one attached hydrogen (secondary N) is 1. The zero-order valence-corrected chi connectivity index (χ0v) is 9.84. The van der Waals surface area contributed by atoms with Gasteiger partial charge in [0.25, 0.3) is 0 Å². The van der Waals surface area contributed by atoms with Gasteiger partial charge >= 0.3 is 0 Å². The van der Waals surface area contributed by atoms with Gasteiger partial charge in [0.15, 0.2) is 0 Å². The van der Waals surface area contributed by atoms with Gasteiger partial charge in [-0.05, 0) is 32.9 Å². The van der Waals surface area contributed by atoms with Crippen molar-refractivity contribution in [3.05, 3.63) is 0 Å². The lowest BCUT2D eigenvalue weighted by molar-refractivity contribution is -0.0276. The molecule has 0 aromatic rings. The minimum Gasteiger partial charge on any atom is -0.389 e. The fraction of sp³-hybridized carbons (Fsp3) is 1.00. The summed E-state index contributed by atoms with van der Waals surface area (Å²) in [5.74, 6) is 0. The summed E-state index contributed by atoms with van der Waals surface area (Å²) in [4.78, 5) is 2.35. The van der Waals surface area contributed by atoms with Gasteiger partial charge in [0.1, 0.15) is 0 Å². The second kappa shape index (κ2) is 4.81. The van der Waals surface area contributed by atoms with Gasteiger partial charge < -0.3 is 10.4 Å². The molecular weight excluding hydrogens is 188 g/mol. The van der Waals surface area contributed by atoms with E-state index in [2.05, 4.69) is 17.3 Å². The molecule has 1 unspecified atom stereocenters. The van der Waals surface area contributed by atoms with Crippen molar-refractivity contribution < 1.29 is 5.11 Å². The van der Waals surface area contributed by atoms with Crippen LogP contribution in [0.2, 0.25) is 0 Å². The van der Waals surface area contributed by atoms with E-state index < -0.39 is 5.60 Å². The fourth-order valence-electron chi connectivity index (χ4n) is 2.98. The minimum atomic E-state index is -0.393. The van der Waals surface area contributed by atoms with Crippen molar-refractivity contribution in [3.8, 4) is 0 Å². The standard InChI is InChI=1S/C12H24N2O/c1-14(11-5-8-13-9-11)10-12(15)6-3-2-4-7-12/h11,13,15H,2-10H2,1H3. The van der Waals surface area contributed by atoms with Crippen LogP contribution in [0, 0.1) is 0 Å². The summed E-state index contributed by atoms with van der Waals surface area (Å²) in [6.45, 7) is 3.08. The molecule has 0 bridgehead atoms. The van der Waals surface area contributed by atoms with Crippen molar-refractivity contribution >= 4 is 0 Å². The van der Waals surface area contributed by atoms with E-state index in [1.807, 2.05) is 0 Å². The second-order valence-electron chi connectivity index (χ2n) is 5.35. The molecule has 1 atom stereocenters. The molecule has 0 aromatic heterocycles. The maximum atomic E-state index is 10.4. The van der Waals surface area contributed by atoms with E-state index in [1.54, 1.807) is 0 Å². The lowest BCUT2D eigenvalue weighted by Gasteiger charge is -2.37. The van der Waals surface area contributed by atoms with Crippen molar-refractivity contribution in [1.82, 2.24) is 10.2 Å². The average Bonchev–Trinajstić information content (AvgIpc) is 2.70. The Morgan fingerprint density at radius 1 is 1.33 bits per heavy atom. The number of hydrogen-bond acceptors (Lipinski definition) is 3. The SMILES string of the molecule is CN(CC1(O)CCCCC1)C1CCNC1. The molecule has 1 aliphatic carbocycles. The highest BCUT2D eigenvalue weighted by atomic mass is 16.3. The summed E-state index contributed by atoms with van der Waals surface area (Å²) < 4.78 is 0. The summed E-state index contributed by atoms with van der Waals surface area (Å²) in [5, 5.41) is 13.8. The monoisotopic (exact) mass is 212 g/mol. The molecule has 0 amide bonds. The van der Waals surface area contributed by atoms with Crippen LogP contribution < -0.4 is 5.32 Å². The highest BCUT2D eigenvalue weighted by molar-refractivity contribution is 4.88. The predicted octanol–water partition coefficient (Wildman–Crippen LogP) is 0.975. The lowest BCUT2D eigenvalue weighted by Crippen LogP contribution is -2.47.